The van der Waals surface area contributed by atoms with E-state index in [9.17, 15) is 40.8 Å². The molecule has 444 valence electrons. The molecule has 0 fully saturated rings. The number of aliphatic imine (C=N–C) groups is 1. The summed E-state index contributed by atoms with van der Waals surface area (Å²) in [6.45, 7) is 21.3. The standard InChI is InChI=1S/C59H79N9O12S2/c1-34(2)49(55(72)62-31-48(69)79-33-42-20-15-14-16-21-42)65-53(70)45(23-19-25-61-57(60)67-81(75,76)51-38(7)26-36(5)27-39(51)8)63-54(71)46(64-56(73)50(35(3)4)66-58(74)80-59(11,12)13)30-43-32-68(47-24-18-17-22-44(43)47)82(77,78)52-40(9)28-37(6)29-41(52)10/h14-18,20-22,24,26-29,32,34-35,45-46,49-50H,19,23,25,30-31,33H2,1-13H3,(H,62,72)(H,63,71)(H,64,73)(H,65,70)(H,66,74)(H3,60,61,67)/t45-,46-,49-,50-/m0/s1. The van der Waals surface area contributed by atoms with Crippen LogP contribution in [0.5, 0.6) is 0 Å². The summed E-state index contributed by atoms with van der Waals surface area (Å²) in [5, 5.41) is 13.7. The van der Waals surface area contributed by atoms with E-state index in [-0.39, 0.29) is 47.7 Å². The monoisotopic (exact) mass is 1170 g/mol. The number of hydrogen-bond acceptors (Lipinski definition) is 13. The number of carbonyl (C=O) groups excluding carboxylic acids is 6. The van der Waals surface area contributed by atoms with E-state index in [1.54, 1.807) is 149 Å². The summed E-state index contributed by atoms with van der Waals surface area (Å²) in [7, 11) is -8.47. The van der Waals surface area contributed by atoms with Crippen molar-refractivity contribution in [3.8, 4) is 0 Å². The Bertz CT molecular complexity index is 3380. The largest absolute Gasteiger partial charge is 0.460 e. The molecule has 21 nitrogen and oxygen atoms in total. The molecule has 4 aromatic carbocycles. The van der Waals surface area contributed by atoms with E-state index in [2.05, 4.69) is 36.3 Å². The van der Waals surface area contributed by atoms with E-state index in [0.717, 1.165) is 20.7 Å². The first-order valence-corrected chi connectivity index (χ1v) is 29.9. The van der Waals surface area contributed by atoms with Crippen molar-refractivity contribution in [2.24, 2.45) is 22.6 Å². The molecule has 0 bridgehead atoms. The lowest BCUT2D eigenvalue weighted by molar-refractivity contribution is -0.145. The zero-order valence-corrected chi connectivity index (χ0v) is 50.6. The Morgan fingerprint density at radius 1 is 0.659 bits per heavy atom. The molecule has 5 rings (SSSR count). The zero-order valence-electron chi connectivity index (χ0n) is 49.0. The average Bonchev–Trinajstić information content (AvgIpc) is 3.91. The zero-order chi connectivity index (χ0) is 61.0. The molecule has 5 amide bonds. The number of nitrogens with zero attached hydrogens (tertiary/aromatic N) is 2. The molecule has 82 heavy (non-hydrogen) atoms. The molecule has 0 spiro atoms. The minimum Gasteiger partial charge on any atom is -0.460 e. The molecule has 0 unspecified atom stereocenters. The maximum atomic E-state index is 15.1. The van der Waals surface area contributed by atoms with Crippen LogP contribution in [0.2, 0.25) is 0 Å². The Hall–Kier alpha value is -7.79. The van der Waals surface area contributed by atoms with Crippen molar-refractivity contribution in [1.82, 2.24) is 35.3 Å². The van der Waals surface area contributed by atoms with Crippen LogP contribution in [0, 0.1) is 53.4 Å². The molecule has 0 saturated heterocycles. The van der Waals surface area contributed by atoms with Crippen LogP contribution >= 0.6 is 0 Å². The van der Waals surface area contributed by atoms with Gasteiger partial charge < -0.3 is 41.8 Å². The third kappa shape index (κ3) is 17.6. The van der Waals surface area contributed by atoms with Gasteiger partial charge in [-0.05, 0) is 126 Å². The highest BCUT2D eigenvalue weighted by molar-refractivity contribution is 7.90. The second kappa shape index (κ2) is 27.8. The van der Waals surface area contributed by atoms with E-state index >= 15 is 4.79 Å². The first kappa shape index (κ1) is 65.0. The summed E-state index contributed by atoms with van der Waals surface area (Å²) < 4.78 is 70.6. The molecule has 1 aromatic heterocycles. The van der Waals surface area contributed by atoms with Gasteiger partial charge in [-0.1, -0.05) is 112 Å². The van der Waals surface area contributed by atoms with Gasteiger partial charge in [0.15, 0.2) is 0 Å². The fourth-order valence-corrected chi connectivity index (χ4v) is 12.8. The van der Waals surface area contributed by atoms with E-state index in [0.29, 0.717) is 33.2 Å². The topological polar surface area (TPSA) is 305 Å². The molecule has 0 radical (unpaired) electrons. The number of hydrogen-bond donors (Lipinski definition) is 7. The van der Waals surface area contributed by atoms with E-state index in [1.807, 2.05) is 19.9 Å². The maximum Gasteiger partial charge on any atom is 0.408 e. The number of aryl methyl sites for hydroxylation is 6. The average molecular weight is 1170 g/mol. The van der Waals surface area contributed by atoms with Crippen LogP contribution in [-0.2, 0) is 66.5 Å². The normalized spacial score (nSPS) is 13.6. The maximum absolute atomic E-state index is 15.1. The van der Waals surface area contributed by atoms with Crippen LogP contribution in [0.3, 0.4) is 0 Å². The number of carbonyl (C=O) groups is 6. The minimum atomic E-state index is -4.29. The van der Waals surface area contributed by atoms with Crippen molar-refractivity contribution in [2.45, 2.75) is 155 Å². The molecule has 0 aliphatic heterocycles. The van der Waals surface area contributed by atoms with Crippen LogP contribution in [0.25, 0.3) is 10.9 Å². The number of nitrogens with two attached hydrogens (primary N) is 1. The second-order valence-electron chi connectivity index (χ2n) is 22.2. The van der Waals surface area contributed by atoms with Gasteiger partial charge in [0.2, 0.25) is 29.6 Å². The third-order valence-corrected chi connectivity index (χ3v) is 16.8. The van der Waals surface area contributed by atoms with Crippen molar-refractivity contribution in [3.63, 3.8) is 0 Å². The summed E-state index contributed by atoms with van der Waals surface area (Å²) in [5.41, 5.74) is 10.3. The van der Waals surface area contributed by atoms with Crippen LogP contribution in [0.15, 0.2) is 99.8 Å². The van der Waals surface area contributed by atoms with Crippen molar-refractivity contribution in [2.75, 3.05) is 13.1 Å². The lowest BCUT2D eigenvalue weighted by Gasteiger charge is -2.28. The summed E-state index contributed by atoms with van der Waals surface area (Å²) >= 11 is 0. The lowest BCUT2D eigenvalue weighted by atomic mass is 10.00. The van der Waals surface area contributed by atoms with Gasteiger partial charge in [-0.15, -0.1) is 0 Å². The van der Waals surface area contributed by atoms with Gasteiger partial charge in [0.1, 0.15) is 42.9 Å². The fourth-order valence-electron chi connectivity index (χ4n) is 9.61. The number of nitrogens with one attached hydrogen (secondary N) is 6. The minimum absolute atomic E-state index is 0.00930. The summed E-state index contributed by atoms with van der Waals surface area (Å²) in [6, 6.07) is 17.0. The molecule has 0 aliphatic carbocycles. The van der Waals surface area contributed by atoms with Crippen molar-refractivity contribution >= 4 is 72.6 Å². The van der Waals surface area contributed by atoms with E-state index < -0.39 is 110 Å². The SMILES string of the molecule is Cc1cc(C)c(S(=O)(=O)NC(N)=NCCC[C@H](NC(=O)[C@H](Cc2cn(S(=O)(=O)c3c(C)cc(C)cc3C)c3ccccc23)NC(=O)[C@@H](NC(=O)OC(C)(C)C)C(C)C)C(=O)N[C@H](C(=O)NCC(=O)OCc2ccccc2)C(C)C)c(C)c1. The predicted molar refractivity (Wildman–Crippen MR) is 313 cm³/mol. The lowest BCUT2D eigenvalue weighted by Crippen LogP contribution is -2.60. The Kier molecular flexibility index (Phi) is 22.0. The number of guanidine groups is 1. The van der Waals surface area contributed by atoms with Crippen LogP contribution < -0.4 is 37.0 Å². The molecule has 5 aromatic rings. The highest BCUT2D eigenvalue weighted by Crippen LogP contribution is 2.31. The van der Waals surface area contributed by atoms with Crippen molar-refractivity contribution in [1.29, 1.82) is 0 Å². The molecule has 8 N–H and O–H groups in total. The smallest absolute Gasteiger partial charge is 0.408 e. The van der Waals surface area contributed by atoms with Gasteiger partial charge >= 0.3 is 12.1 Å². The number of alkyl carbamates (subject to hydrolysis) is 1. The van der Waals surface area contributed by atoms with Crippen molar-refractivity contribution in [3.05, 3.63) is 130 Å². The number of ether oxygens (including phenoxy) is 2. The molecule has 4 atom stereocenters. The molecular formula is C59H79N9O12S2. The highest BCUT2D eigenvalue weighted by atomic mass is 32.2. The number of para-hydroxylation sites is 1. The van der Waals surface area contributed by atoms with Gasteiger partial charge in [-0.2, -0.15) is 0 Å². The Morgan fingerprint density at radius 2 is 1.18 bits per heavy atom. The molecule has 0 aliphatic rings. The van der Waals surface area contributed by atoms with Crippen molar-refractivity contribution < 1.29 is 55.1 Å². The first-order chi connectivity index (χ1) is 38.3. The Morgan fingerprint density at radius 3 is 1.76 bits per heavy atom. The first-order valence-electron chi connectivity index (χ1n) is 27.0. The quantitative estimate of drug-likeness (QED) is 0.0165. The van der Waals surface area contributed by atoms with Gasteiger partial charge in [0, 0.05) is 24.5 Å². The Balaban J connectivity index is 1.52. The second-order valence-corrected chi connectivity index (χ2v) is 25.6. The number of fused-ring (bicyclic) bond motifs is 1. The van der Waals surface area contributed by atoms with E-state index in [1.165, 1.54) is 6.20 Å². The molecular weight excluding hydrogens is 1090 g/mol. The van der Waals surface area contributed by atoms with Crippen LogP contribution in [0.1, 0.15) is 106 Å². The van der Waals surface area contributed by atoms with Crippen LogP contribution in [-0.4, -0.2) is 105 Å². The number of sulfonamides is 1. The summed E-state index contributed by atoms with van der Waals surface area (Å²) in [4.78, 5) is 88.1. The fraction of sp³-hybridized carbons (Fsp3) is 0.441. The number of aromatic nitrogens is 1. The molecule has 23 heteroatoms. The van der Waals surface area contributed by atoms with Gasteiger partial charge in [-0.25, -0.2) is 30.3 Å². The third-order valence-electron chi connectivity index (χ3n) is 13.1. The van der Waals surface area contributed by atoms with Gasteiger partial charge in [0.25, 0.3) is 20.0 Å². The summed E-state index contributed by atoms with van der Waals surface area (Å²) in [5.74, 6) is -5.65. The summed E-state index contributed by atoms with van der Waals surface area (Å²) in [6.07, 6.45) is -0.0765. The molecule has 0 saturated carbocycles. The van der Waals surface area contributed by atoms with Gasteiger partial charge in [0.05, 0.1) is 15.3 Å². The molecule has 1 heterocycles. The highest BCUT2D eigenvalue weighted by Gasteiger charge is 2.35. The number of amides is 5. The van der Waals surface area contributed by atoms with Crippen LogP contribution in [0.4, 0.5) is 4.79 Å². The predicted octanol–water partition coefficient (Wildman–Crippen LogP) is 5.86. The number of benzene rings is 4. The van der Waals surface area contributed by atoms with E-state index in [4.69, 9.17) is 15.2 Å². The Labute approximate surface area is 481 Å². The van der Waals surface area contributed by atoms with Gasteiger partial charge in [-0.3, -0.25) is 29.0 Å². The number of esters is 1. The number of rotatable bonds is 24.